The molecule has 3 rings (SSSR count). The van der Waals surface area contributed by atoms with Crippen LogP contribution in [0.4, 0.5) is 11.4 Å². The predicted octanol–water partition coefficient (Wildman–Crippen LogP) is 8.33. The number of hydrogen-bond donors (Lipinski definition) is 1. The molecule has 0 saturated carbocycles. The fourth-order valence-corrected chi connectivity index (χ4v) is 11.6. The van der Waals surface area contributed by atoms with E-state index in [-0.39, 0.29) is 5.91 Å². The molecule has 0 bridgehead atoms. The Bertz CT molecular complexity index is 1190. The van der Waals surface area contributed by atoms with Crippen LogP contribution in [0.5, 0.6) is 0 Å². The molecular formula is C37H58ClN3O3S. The van der Waals surface area contributed by atoms with Crippen molar-refractivity contribution in [1.82, 2.24) is 5.32 Å². The van der Waals surface area contributed by atoms with Crippen molar-refractivity contribution in [3.63, 3.8) is 0 Å². The lowest BCUT2D eigenvalue weighted by atomic mass is 9.95. The number of nitrogens with zero attached hydrogens (tertiary/aromatic N) is 2. The molecule has 2 aromatic carbocycles. The number of fused-ring (bicyclic) bond motifs is 2. The highest BCUT2D eigenvalue weighted by molar-refractivity contribution is 8.34. The number of hydrogen-bond acceptors (Lipinski definition) is 5. The molecule has 1 N–H and O–H groups in total. The summed E-state index contributed by atoms with van der Waals surface area (Å²) in [6.45, 7) is 12.5. The van der Waals surface area contributed by atoms with Crippen LogP contribution >= 0.6 is 21.6 Å². The highest BCUT2D eigenvalue weighted by Crippen LogP contribution is 2.74. The number of carbonyl (C=O) groups excluding carboxylic acids is 1. The molecule has 0 aliphatic carbocycles. The molecule has 0 spiro atoms. The number of allylic oxidation sites excluding steroid dienone is 1. The third-order valence-electron chi connectivity index (χ3n) is 8.59. The first-order valence-electron chi connectivity index (χ1n) is 16.7. The fraction of sp³-hybridized carbons (Fsp3) is 0.595. The molecule has 1 amide bonds. The van der Waals surface area contributed by atoms with E-state index in [1.54, 1.807) is 0 Å². The number of carbonyl (C=O) groups is 1. The van der Waals surface area contributed by atoms with Gasteiger partial charge in [-0.2, -0.15) is 10.0 Å². The van der Waals surface area contributed by atoms with E-state index in [0.29, 0.717) is 49.7 Å². The quantitative estimate of drug-likeness (QED) is 0.121. The SMILES string of the molecule is CC(C)S1(C(C)C)c2cc(N(C)C)ccc2C(=CCCC(=O)NCCOCCOCCCCCCCl)c2ccc(N(C)C)cc21. The van der Waals surface area contributed by atoms with Gasteiger partial charge in [0.1, 0.15) is 0 Å². The molecule has 6 nitrogen and oxygen atoms in total. The Morgan fingerprint density at radius 1 is 0.800 bits per heavy atom. The molecule has 0 fully saturated rings. The van der Waals surface area contributed by atoms with Crippen molar-refractivity contribution >= 4 is 44.5 Å². The van der Waals surface area contributed by atoms with Crippen molar-refractivity contribution in [1.29, 1.82) is 0 Å². The normalized spacial score (nSPS) is 14.2. The Kier molecular flexibility index (Phi) is 15.1. The van der Waals surface area contributed by atoms with Gasteiger partial charge in [0.05, 0.1) is 19.8 Å². The van der Waals surface area contributed by atoms with E-state index in [4.69, 9.17) is 21.1 Å². The molecule has 2 aromatic rings. The van der Waals surface area contributed by atoms with Crippen LogP contribution in [0.2, 0.25) is 0 Å². The van der Waals surface area contributed by atoms with E-state index < -0.39 is 10.0 Å². The summed E-state index contributed by atoms with van der Waals surface area (Å²) >= 11 is 5.71. The van der Waals surface area contributed by atoms with Crippen LogP contribution in [0.1, 0.15) is 77.3 Å². The molecule has 8 heteroatoms. The Labute approximate surface area is 280 Å². The van der Waals surface area contributed by atoms with Gasteiger partial charge in [-0.15, -0.1) is 11.6 Å². The van der Waals surface area contributed by atoms with Crippen molar-refractivity contribution in [3.05, 3.63) is 53.6 Å². The maximum Gasteiger partial charge on any atom is 0.220 e. The maximum atomic E-state index is 12.7. The number of unbranched alkanes of at least 4 members (excludes halogenated alkanes) is 3. The van der Waals surface area contributed by atoms with Gasteiger partial charge >= 0.3 is 0 Å². The number of anilines is 2. The number of benzene rings is 2. The molecule has 0 aromatic heterocycles. The van der Waals surface area contributed by atoms with Crippen LogP contribution in [0, 0.1) is 0 Å². The summed E-state index contributed by atoms with van der Waals surface area (Å²) in [5.41, 5.74) is 6.33. The Morgan fingerprint density at radius 3 is 1.84 bits per heavy atom. The second kappa shape index (κ2) is 18.2. The van der Waals surface area contributed by atoms with E-state index in [0.717, 1.165) is 38.2 Å². The van der Waals surface area contributed by atoms with E-state index in [1.807, 2.05) is 0 Å². The van der Waals surface area contributed by atoms with Gasteiger partial charge in [0, 0.05) is 74.8 Å². The largest absolute Gasteiger partial charge is 0.379 e. The first-order chi connectivity index (χ1) is 21.5. The van der Waals surface area contributed by atoms with Crippen molar-refractivity contribution in [3.8, 4) is 0 Å². The average Bonchev–Trinajstić information content (AvgIpc) is 3.00. The average molecular weight is 660 g/mol. The molecule has 1 aliphatic heterocycles. The highest BCUT2D eigenvalue weighted by atomic mass is 35.5. The Hall–Kier alpha value is -2.19. The third-order valence-corrected chi connectivity index (χ3v) is 14.0. The van der Waals surface area contributed by atoms with Crippen LogP contribution in [0.25, 0.3) is 5.57 Å². The Morgan fingerprint density at radius 2 is 1.33 bits per heavy atom. The molecule has 0 saturated heterocycles. The standard InChI is InChI=1S/C37H58ClN3O3S/c1-28(2)45(29(3)4)35-26-30(40(5)6)16-18-33(35)32(34-19-17-31(41(7)8)27-36(34)45)14-13-15-37(42)39-21-23-44-25-24-43-22-12-10-9-11-20-38/h14,16-19,26-29H,9-13,15,20-25H2,1-8H3,(H,39,42). The number of halogens is 1. The lowest BCUT2D eigenvalue weighted by Gasteiger charge is -2.53. The summed E-state index contributed by atoms with van der Waals surface area (Å²) in [4.78, 5) is 20.1. The summed E-state index contributed by atoms with van der Waals surface area (Å²) in [5, 5.41) is 3.96. The Balaban J connectivity index is 1.70. The first kappa shape index (κ1) is 37.3. The van der Waals surface area contributed by atoms with Gasteiger partial charge in [0.15, 0.2) is 0 Å². The molecular weight excluding hydrogens is 602 g/mol. The molecule has 0 unspecified atom stereocenters. The number of ether oxygens (including phenoxy) is 2. The number of rotatable bonds is 19. The minimum Gasteiger partial charge on any atom is -0.379 e. The summed E-state index contributed by atoms with van der Waals surface area (Å²) in [6.07, 6.45) is 7.86. The zero-order valence-electron chi connectivity index (χ0n) is 29.1. The fourth-order valence-electron chi connectivity index (χ4n) is 6.30. The zero-order valence-corrected chi connectivity index (χ0v) is 30.7. The van der Waals surface area contributed by atoms with Crippen LogP contribution < -0.4 is 15.1 Å². The van der Waals surface area contributed by atoms with Gasteiger partial charge in [0.2, 0.25) is 5.91 Å². The highest BCUT2D eigenvalue weighted by Gasteiger charge is 2.43. The van der Waals surface area contributed by atoms with Gasteiger partial charge in [0.25, 0.3) is 0 Å². The minimum atomic E-state index is -1.37. The van der Waals surface area contributed by atoms with Gasteiger partial charge in [-0.1, -0.05) is 58.7 Å². The maximum absolute atomic E-state index is 12.7. The van der Waals surface area contributed by atoms with Gasteiger partial charge in [-0.3, -0.25) is 4.79 Å². The smallest absolute Gasteiger partial charge is 0.220 e. The molecule has 45 heavy (non-hydrogen) atoms. The van der Waals surface area contributed by atoms with Crippen molar-refractivity contribution in [2.75, 3.05) is 76.8 Å². The van der Waals surface area contributed by atoms with E-state index in [2.05, 4.69) is 113 Å². The van der Waals surface area contributed by atoms with Crippen LogP contribution in [0.15, 0.2) is 52.3 Å². The lowest BCUT2D eigenvalue weighted by molar-refractivity contribution is -0.121. The molecule has 1 aliphatic rings. The number of alkyl halides is 1. The van der Waals surface area contributed by atoms with Crippen molar-refractivity contribution < 1.29 is 14.3 Å². The second-order valence-corrected chi connectivity index (χ2v) is 17.4. The molecule has 1 heterocycles. The summed E-state index contributed by atoms with van der Waals surface area (Å²) < 4.78 is 11.3. The van der Waals surface area contributed by atoms with E-state index in [1.165, 1.54) is 37.9 Å². The van der Waals surface area contributed by atoms with E-state index >= 15 is 0 Å². The first-order valence-corrected chi connectivity index (χ1v) is 19.0. The number of amides is 1. The minimum absolute atomic E-state index is 0.0511. The number of nitrogens with one attached hydrogen (secondary N) is 1. The molecule has 0 radical (unpaired) electrons. The third kappa shape index (κ3) is 9.43. The van der Waals surface area contributed by atoms with Crippen LogP contribution in [-0.4, -0.2) is 83.5 Å². The monoisotopic (exact) mass is 659 g/mol. The van der Waals surface area contributed by atoms with Gasteiger partial charge < -0.3 is 24.6 Å². The van der Waals surface area contributed by atoms with Crippen LogP contribution in [0.3, 0.4) is 0 Å². The summed E-state index contributed by atoms with van der Waals surface area (Å²) in [5.74, 6) is 0.787. The molecule has 252 valence electrons. The van der Waals surface area contributed by atoms with E-state index in [9.17, 15) is 4.79 Å². The van der Waals surface area contributed by atoms with Crippen LogP contribution in [-0.2, 0) is 14.3 Å². The lowest BCUT2D eigenvalue weighted by Crippen LogP contribution is -2.28. The summed E-state index contributed by atoms with van der Waals surface area (Å²) in [7, 11) is 7.10. The van der Waals surface area contributed by atoms with Gasteiger partial charge in [-0.05, 0) is 70.7 Å². The second-order valence-electron chi connectivity index (χ2n) is 12.8. The van der Waals surface area contributed by atoms with Crippen molar-refractivity contribution in [2.24, 2.45) is 0 Å². The predicted molar refractivity (Wildman–Crippen MR) is 196 cm³/mol. The van der Waals surface area contributed by atoms with Crippen molar-refractivity contribution in [2.45, 2.75) is 86.5 Å². The molecule has 0 atom stereocenters. The van der Waals surface area contributed by atoms with Gasteiger partial charge in [-0.25, -0.2) is 0 Å². The topological polar surface area (TPSA) is 54.0 Å². The zero-order chi connectivity index (χ0) is 33.0. The summed E-state index contributed by atoms with van der Waals surface area (Å²) in [6, 6.07) is 14.0.